The molecule has 4 rings (SSSR count). The summed E-state index contributed by atoms with van der Waals surface area (Å²) in [5.74, 6) is 2.18. The summed E-state index contributed by atoms with van der Waals surface area (Å²) < 4.78 is 7.48. The van der Waals surface area contributed by atoms with E-state index in [1.807, 2.05) is 31.1 Å². The summed E-state index contributed by atoms with van der Waals surface area (Å²) in [6, 6.07) is 4.71. The van der Waals surface area contributed by atoms with Crippen LogP contribution in [0.1, 0.15) is 30.8 Å². The molecule has 0 unspecified atom stereocenters. The number of amides is 1. The molecule has 2 aliphatic heterocycles. The third-order valence-corrected chi connectivity index (χ3v) is 5.00. The van der Waals surface area contributed by atoms with E-state index in [9.17, 15) is 4.79 Å². The smallest absolute Gasteiger partial charge is 0.227 e. The number of nitrogens with zero attached hydrogens (tertiary/aromatic N) is 4. The van der Waals surface area contributed by atoms with Gasteiger partial charge in [-0.15, -0.1) is 0 Å². The van der Waals surface area contributed by atoms with Gasteiger partial charge in [-0.05, 0) is 31.9 Å². The Labute approximate surface area is 135 Å². The Morgan fingerprint density at radius 3 is 2.87 bits per heavy atom. The fraction of sp³-hybridized carbons (Fsp3) is 0.529. The average molecular weight is 314 g/mol. The van der Waals surface area contributed by atoms with Gasteiger partial charge in [0.1, 0.15) is 11.5 Å². The van der Waals surface area contributed by atoms with E-state index in [1.54, 1.807) is 10.9 Å². The molecule has 1 amide bonds. The first-order valence-corrected chi connectivity index (χ1v) is 8.22. The normalized spacial score (nSPS) is 25.1. The van der Waals surface area contributed by atoms with Gasteiger partial charge in [-0.1, -0.05) is 0 Å². The first-order chi connectivity index (χ1) is 11.1. The van der Waals surface area contributed by atoms with Gasteiger partial charge in [0.15, 0.2) is 0 Å². The number of furan rings is 1. The molecule has 0 aliphatic carbocycles. The summed E-state index contributed by atoms with van der Waals surface area (Å²) in [7, 11) is 1.88. The second-order valence-corrected chi connectivity index (χ2v) is 6.58. The number of aromatic nitrogens is 2. The van der Waals surface area contributed by atoms with E-state index in [0.717, 1.165) is 43.1 Å². The molecule has 122 valence electrons. The van der Waals surface area contributed by atoms with Gasteiger partial charge in [-0.25, -0.2) is 0 Å². The second-order valence-electron chi connectivity index (χ2n) is 6.58. The van der Waals surface area contributed by atoms with Crippen LogP contribution in [0, 0.1) is 6.92 Å². The summed E-state index contributed by atoms with van der Waals surface area (Å²) in [6.45, 7) is 3.79. The molecule has 2 atom stereocenters. The highest BCUT2D eigenvalue weighted by atomic mass is 16.3. The largest absolute Gasteiger partial charge is 0.465 e. The van der Waals surface area contributed by atoms with E-state index < -0.39 is 0 Å². The van der Waals surface area contributed by atoms with E-state index in [-0.39, 0.29) is 11.9 Å². The standard InChI is InChI=1S/C17H22N4O2/c1-12-3-4-14(23-12)11-20-8-7-16-15(20)5-6-17(22)21(16)13-9-18-19(2)10-13/h3-4,9-10,15-16H,5-8,11H2,1-2H3/t15-,16-/m0/s1. The zero-order valence-electron chi connectivity index (χ0n) is 13.6. The molecule has 2 aliphatic rings. The van der Waals surface area contributed by atoms with Gasteiger partial charge in [0.05, 0.1) is 24.5 Å². The number of carbonyl (C=O) groups excluding carboxylic acids is 1. The highest BCUT2D eigenvalue weighted by Crippen LogP contribution is 2.35. The second kappa shape index (κ2) is 5.53. The highest BCUT2D eigenvalue weighted by molar-refractivity contribution is 5.94. The van der Waals surface area contributed by atoms with E-state index in [1.165, 1.54) is 0 Å². The zero-order valence-corrected chi connectivity index (χ0v) is 13.6. The number of likely N-dealkylation sites (tertiary alicyclic amines) is 1. The fourth-order valence-corrected chi connectivity index (χ4v) is 3.99. The van der Waals surface area contributed by atoms with Crippen molar-refractivity contribution < 1.29 is 9.21 Å². The van der Waals surface area contributed by atoms with Crippen LogP contribution in [-0.4, -0.2) is 39.2 Å². The molecular weight excluding hydrogens is 292 g/mol. The van der Waals surface area contributed by atoms with Gasteiger partial charge in [-0.3, -0.25) is 14.4 Å². The number of carbonyl (C=O) groups is 1. The van der Waals surface area contributed by atoms with Crippen molar-refractivity contribution in [3.05, 3.63) is 36.0 Å². The van der Waals surface area contributed by atoms with Crippen molar-refractivity contribution in [2.75, 3.05) is 11.4 Å². The molecule has 0 saturated carbocycles. The van der Waals surface area contributed by atoms with Gasteiger partial charge in [0.2, 0.25) is 5.91 Å². The minimum atomic E-state index is 0.218. The van der Waals surface area contributed by atoms with Crippen LogP contribution in [-0.2, 0) is 18.4 Å². The summed E-state index contributed by atoms with van der Waals surface area (Å²) in [6.07, 6.45) is 6.26. The summed E-state index contributed by atoms with van der Waals surface area (Å²) in [5, 5.41) is 4.22. The molecule has 0 bridgehead atoms. The van der Waals surface area contributed by atoms with Crippen LogP contribution >= 0.6 is 0 Å². The van der Waals surface area contributed by atoms with E-state index in [2.05, 4.69) is 16.1 Å². The third kappa shape index (κ3) is 2.57. The Balaban J connectivity index is 1.55. The Morgan fingerprint density at radius 2 is 2.17 bits per heavy atom. The number of piperidine rings is 1. The first kappa shape index (κ1) is 14.5. The topological polar surface area (TPSA) is 54.5 Å². The molecule has 2 saturated heterocycles. The van der Waals surface area contributed by atoms with Crippen molar-refractivity contribution >= 4 is 11.6 Å². The fourth-order valence-electron chi connectivity index (χ4n) is 3.99. The van der Waals surface area contributed by atoms with Gasteiger partial charge < -0.3 is 9.32 Å². The van der Waals surface area contributed by atoms with Crippen LogP contribution in [0.3, 0.4) is 0 Å². The molecule has 0 aromatic carbocycles. The molecule has 4 heterocycles. The Hall–Kier alpha value is -2.08. The quantitative estimate of drug-likeness (QED) is 0.870. The molecule has 0 spiro atoms. The number of hydrogen-bond acceptors (Lipinski definition) is 4. The molecule has 2 aromatic heterocycles. The molecular formula is C17H22N4O2. The monoisotopic (exact) mass is 314 g/mol. The van der Waals surface area contributed by atoms with E-state index in [4.69, 9.17) is 4.42 Å². The van der Waals surface area contributed by atoms with Gasteiger partial charge in [0, 0.05) is 32.3 Å². The van der Waals surface area contributed by atoms with Crippen molar-refractivity contribution in [2.45, 2.75) is 44.8 Å². The molecule has 0 N–H and O–H groups in total. The maximum Gasteiger partial charge on any atom is 0.227 e. The number of fused-ring (bicyclic) bond motifs is 1. The molecule has 0 radical (unpaired) electrons. The molecule has 6 nitrogen and oxygen atoms in total. The van der Waals surface area contributed by atoms with Crippen LogP contribution in [0.2, 0.25) is 0 Å². The number of hydrogen-bond donors (Lipinski definition) is 0. The Kier molecular flexibility index (Phi) is 3.49. The van der Waals surface area contributed by atoms with Crippen LogP contribution in [0.15, 0.2) is 28.9 Å². The lowest BCUT2D eigenvalue weighted by Crippen LogP contribution is -2.52. The summed E-state index contributed by atoms with van der Waals surface area (Å²) in [5.41, 5.74) is 0.919. The van der Waals surface area contributed by atoms with Crippen molar-refractivity contribution in [1.29, 1.82) is 0 Å². The summed E-state index contributed by atoms with van der Waals surface area (Å²) >= 11 is 0. The van der Waals surface area contributed by atoms with Crippen LogP contribution < -0.4 is 4.90 Å². The van der Waals surface area contributed by atoms with E-state index >= 15 is 0 Å². The number of aryl methyl sites for hydroxylation is 2. The molecule has 23 heavy (non-hydrogen) atoms. The maximum atomic E-state index is 12.5. The lowest BCUT2D eigenvalue weighted by molar-refractivity contribution is -0.120. The van der Waals surface area contributed by atoms with Gasteiger partial charge >= 0.3 is 0 Å². The third-order valence-electron chi connectivity index (χ3n) is 5.00. The lowest BCUT2D eigenvalue weighted by Gasteiger charge is -2.39. The van der Waals surface area contributed by atoms with Crippen LogP contribution in [0.25, 0.3) is 0 Å². The first-order valence-electron chi connectivity index (χ1n) is 8.22. The van der Waals surface area contributed by atoms with Gasteiger partial charge in [0.25, 0.3) is 0 Å². The zero-order chi connectivity index (χ0) is 16.0. The van der Waals surface area contributed by atoms with Gasteiger partial charge in [-0.2, -0.15) is 5.10 Å². The number of anilines is 1. The predicted molar refractivity (Wildman–Crippen MR) is 86.0 cm³/mol. The SMILES string of the molecule is Cc1ccc(CN2CC[C@H]3[C@@H]2CCC(=O)N3c2cnn(C)c2)o1. The predicted octanol–water partition coefficient (Wildman–Crippen LogP) is 2.09. The Bertz CT molecular complexity index is 720. The summed E-state index contributed by atoms with van der Waals surface area (Å²) in [4.78, 5) is 16.9. The maximum absolute atomic E-state index is 12.5. The minimum absolute atomic E-state index is 0.218. The molecule has 2 aromatic rings. The van der Waals surface area contributed by atoms with E-state index in [0.29, 0.717) is 12.5 Å². The lowest BCUT2D eigenvalue weighted by atomic mass is 9.96. The molecule has 2 fully saturated rings. The van der Waals surface area contributed by atoms with Crippen molar-refractivity contribution in [1.82, 2.24) is 14.7 Å². The highest BCUT2D eigenvalue weighted by Gasteiger charge is 2.44. The number of rotatable bonds is 3. The minimum Gasteiger partial charge on any atom is -0.465 e. The van der Waals surface area contributed by atoms with Crippen molar-refractivity contribution in [3.8, 4) is 0 Å². The van der Waals surface area contributed by atoms with Crippen LogP contribution in [0.4, 0.5) is 5.69 Å². The molecule has 6 heteroatoms. The van der Waals surface area contributed by atoms with Crippen LogP contribution in [0.5, 0.6) is 0 Å². The van der Waals surface area contributed by atoms with Crippen molar-refractivity contribution in [2.24, 2.45) is 7.05 Å². The Morgan fingerprint density at radius 1 is 1.30 bits per heavy atom. The van der Waals surface area contributed by atoms with Crippen molar-refractivity contribution in [3.63, 3.8) is 0 Å². The average Bonchev–Trinajstić information content (AvgIpc) is 3.21.